The number of carbonyl (C=O) groups excluding carboxylic acids is 2. The number of aryl methyl sites for hydroxylation is 1. The Kier molecular flexibility index (Phi) is 3.98. The highest BCUT2D eigenvalue weighted by Crippen LogP contribution is 2.23. The van der Waals surface area contributed by atoms with Crippen molar-refractivity contribution in [1.82, 2.24) is 10.6 Å². The second kappa shape index (κ2) is 5.97. The third kappa shape index (κ3) is 3.09. The van der Waals surface area contributed by atoms with Crippen molar-refractivity contribution >= 4 is 27.6 Å². The number of rotatable bonds is 4. The monoisotopic (exact) mass is 345 g/mol. The normalized spacial score (nSPS) is 17.3. The van der Waals surface area contributed by atoms with Gasteiger partial charge in [0.2, 0.25) is 0 Å². The van der Waals surface area contributed by atoms with Crippen LogP contribution in [-0.4, -0.2) is 20.4 Å². The largest absolute Gasteiger partial charge is 0.322 e. The van der Waals surface area contributed by atoms with Crippen molar-refractivity contribution in [2.75, 3.05) is 4.72 Å². The topological polar surface area (TPSA) is 104 Å². The highest BCUT2D eigenvalue weighted by atomic mass is 32.2. The predicted octanol–water partition coefficient (Wildman–Crippen LogP) is 1.68. The van der Waals surface area contributed by atoms with Crippen LogP contribution in [0, 0.1) is 6.92 Å². The molecule has 1 aliphatic rings. The minimum absolute atomic E-state index is 0.183. The molecule has 0 aromatic heterocycles. The smallest absolute Gasteiger partial charge is 0.322 e. The van der Waals surface area contributed by atoms with Crippen molar-refractivity contribution in [3.8, 4) is 0 Å². The number of benzene rings is 2. The second-order valence-electron chi connectivity index (χ2n) is 5.39. The van der Waals surface area contributed by atoms with Crippen LogP contribution in [0.4, 0.5) is 10.5 Å². The van der Waals surface area contributed by atoms with E-state index >= 15 is 0 Å². The van der Waals surface area contributed by atoms with E-state index in [2.05, 4.69) is 15.4 Å². The fraction of sp³-hybridized carbons (Fsp3) is 0.125. The predicted molar refractivity (Wildman–Crippen MR) is 87.8 cm³/mol. The average Bonchev–Trinajstić information content (AvgIpc) is 2.86. The van der Waals surface area contributed by atoms with Gasteiger partial charge in [0.25, 0.3) is 15.9 Å². The van der Waals surface area contributed by atoms with Crippen molar-refractivity contribution in [3.63, 3.8) is 0 Å². The van der Waals surface area contributed by atoms with E-state index in [9.17, 15) is 18.0 Å². The average molecular weight is 345 g/mol. The summed E-state index contributed by atoms with van der Waals surface area (Å²) in [6.45, 7) is 1.71. The molecule has 0 spiro atoms. The maximum absolute atomic E-state index is 12.5. The van der Waals surface area contributed by atoms with Crippen molar-refractivity contribution in [3.05, 3.63) is 59.7 Å². The van der Waals surface area contributed by atoms with Crippen LogP contribution >= 0.6 is 0 Å². The van der Waals surface area contributed by atoms with E-state index in [1.165, 1.54) is 12.1 Å². The first kappa shape index (κ1) is 16.0. The van der Waals surface area contributed by atoms with Crippen LogP contribution < -0.4 is 15.4 Å². The van der Waals surface area contributed by atoms with Gasteiger partial charge < -0.3 is 5.32 Å². The van der Waals surface area contributed by atoms with E-state index in [0.29, 0.717) is 16.8 Å². The molecule has 3 N–H and O–H groups in total. The summed E-state index contributed by atoms with van der Waals surface area (Å²) in [4.78, 5) is 23.1. The molecule has 3 rings (SSSR count). The van der Waals surface area contributed by atoms with Gasteiger partial charge in [0.05, 0.1) is 4.90 Å². The van der Waals surface area contributed by atoms with Gasteiger partial charge in [-0.2, -0.15) is 0 Å². The number of hydrogen-bond donors (Lipinski definition) is 3. The van der Waals surface area contributed by atoms with Crippen LogP contribution in [0.2, 0.25) is 0 Å². The van der Waals surface area contributed by atoms with Crippen LogP contribution in [0.5, 0.6) is 0 Å². The molecule has 1 fully saturated rings. The third-order valence-corrected chi connectivity index (χ3v) is 5.17. The number of hydrogen-bond acceptors (Lipinski definition) is 4. The standard InChI is InChI=1S/C16H15N3O4S/c1-10-5-2-3-8-13(10)24(22,23)19-12-7-4-6-11(9-12)14-15(20)18-16(21)17-14/h2-9,14,19H,1H3,(H2,17,18,20,21). The molecular formula is C16H15N3O4S. The summed E-state index contributed by atoms with van der Waals surface area (Å²) in [7, 11) is -3.75. The van der Waals surface area contributed by atoms with Crippen molar-refractivity contribution in [2.45, 2.75) is 17.9 Å². The van der Waals surface area contributed by atoms with Gasteiger partial charge in [-0.1, -0.05) is 30.3 Å². The molecule has 8 heteroatoms. The maximum Gasteiger partial charge on any atom is 0.322 e. The molecular weight excluding hydrogens is 330 g/mol. The zero-order valence-corrected chi connectivity index (χ0v) is 13.6. The zero-order chi connectivity index (χ0) is 17.3. The molecule has 1 aliphatic heterocycles. The minimum Gasteiger partial charge on any atom is -0.322 e. The second-order valence-corrected chi connectivity index (χ2v) is 7.04. The summed E-state index contributed by atoms with van der Waals surface area (Å²) in [6.07, 6.45) is 0. The molecule has 1 saturated heterocycles. The number of carbonyl (C=O) groups is 2. The first-order valence-corrected chi connectivity index (χ1v) is 8.65. The fourth-order valence-corrected chi connectivity index (χ4v) is 3.80. The summed E-state index contributed by atoms with van der Waals surface area (Å²) in [5, 5.41) is 4.61. The van der Waals surface area contributed by atoms with Gasteiger partial charge in [0.15, 0.2) is 0 Å². The number of anilines is 1. The van der Waals surface area contributed by atoms with Crippen LogP contribution in [0.3, 0.4) is 0 Å². The molecule has 1 heterocycles. The summed E-state index contributed by atoms with van der Waals surface area (Å²) in [5.74, 6) is -0.473. The van der Waals surface area contributed by atoms with Gasteiger partial charge >= 0.3 is 6.03 Å². The summed E-state index contributed by atoms with van der Waals surface area (Å²) < 4.78 is 27.5. The summed E-state index contributed by atoms with van der Waals surface area (Å²) >= 11 is 0. The Hall–Kier alpha value is -2.87. The molecule has 2 aromatic carbocycles. The minimum atomic E-state index is -3.75. The summed E-state index contributed by atoms with van der Waals surface area (Å²) in [5.41, 5.74) is 1.43. The van der Waals surface area contributed by atoms with Crippen LogP contribution in [0.25, 0.3) is 0 Å². The Labute approximate surface area is 139 Å². The Morgan fingerprint density at radius 1 is 1.04 bits per heavy atom. The van der Waals surface area contributed by atoms with Crippen molar-refractivity contribution < 1.29 is 18.0 Å². The number of urea groups is 1. The lowest BCUT2D eigenvalue weighted by Crippen LogP contribution is -2.22. The Morgan fingerprint density at radius 3 is 2.46 bits per heavy atom. The van der Waals surface area contributed by atoms with E-state index in [0.717, 1.165) is 0 Å². The molecule has 124 valence electrons. The molecule has 0 bridgehead atoms. The fourth-order valence-electron chi connectivity index (χ4n) is 2.50. The lowest BCUT2D eigenvalue weighted by molar-refractivity contribution is -0.120. The molecule has 7 nitrogen and oxygen atoms in total. The SMILES string of the molecule is Cc1ccccc1S(=O)(=O)Nc1cccc(C2NC(=O)NC2=O)c1. The summed E-state index contributed by atoms with van der Waals surface area (Å²) in [6, 6.07) is 11.6. The Bertz CT molecular complexity index is 924. The van der Waals surface area contributed by atoms with Crippen LogP contribution in [0.1, 0.15) is 17.2 Å². The number of nitrogens with one attached hydrogen (secondary N) is 3. The van der Waals surface area contributed by atoms with Gasteiger partial charge in [-0.05, 0) is 36.2 Å². The Morgan fingerprint density at radius 2 is 1.79 bits per heavy atom. The van der Waals surface area contributed by atoms with Gasteiger partial charge in [0, 0.05) is 5.69 Å². The lowest BCUT2D eigenvalue weighted by atomic mass is 10.1. The first-order valence-electron chi connectivity index (χ1n) is 7.16. The van der Waals surface area contributed by atoms with Crippen LogP contribution in [-0.2, 0) is 14.8 Å². The van der Waals surface area contributed by atoms with E-state index < -0.39 is 28.0 Å². The van der Waals surface area contributed by atoms with E-state index in [-0.39, 0.29) is 4.90 Å². The van der Waals surface area contributed by atoms with E-state index in [4.69, 9.17) is 0 Å². The molecule has 1 unspecified atom stereocenters. The molecule has 24 heavy (non-hydrogen) atoms. The quantitative estimate of drug-likeness (QED) is 0.733. The van der Waals surface area contributed by atoms with E-state index in [1.54, 1.807) is 43.3 Å². The lowest BCUT2D eigenvalue weighted by Gasteiger charge is -2.13. The van der Waals surface area contributed by atoms with Gasteiger partial charge in [-0.15, -0.1) is 0 Å². The number of sulfonamides is 1. The molecule has 2 aromatic rings. The third-order valence-electron chi connectivity index (χ3n) is 3.63. The number of amides is 3. The van der Waals surface area contributed by atoms with Gasteiger partial charge in [0.1, 0.15) is 6.04 Å². The molecule has 3 amide bonds. The molecule has 0 saturated carbocycles. The van der Waals surface area contributed by atoms with Crippen molar-refractivity contribution in [2.24, 2.45) is 0 Å². The molecule has 0 radical (unpaired) electrons. The molecule has 0 aliphatic carbocycles. The van der Waals surface area contributed by atoms with Gasteiger partial charge in [-0.3, -0.25) is 14.8 Å². The first-order chi connectivity index (χ1) is 11.4. The Balaban J connectivity index is 1.89. The highest BCUT2D eigenvalue weighted by molar-refractivity contribution is 7.92. The van der Waals surface area contributed by atoms with Gasteiger partial charge in [-0.25, -0.2) is 13.2 Å². The molecule has 1 atom stereocenters. The van der Waals surface area contributed by atoms with Crippen LogP contribution in [0.15, 0.2) is 53.4 Å². The highest BCUT2D eigenvalue weighted by Gasteiger charge is 2.31. The van der Waals surface area contributed by atoms with Crippen molar-refractivity contribution in [1.29, 1.82) is 0 Å². The zero-order valence-electron chi connectivity index (χ0n) is 12.7. The number of imide groups is 1. The van der Waals surface area contributed by atoms with E-state index in [1.807, 2.05) is 0 Å². The maximum atomic E-state index is 12.5.